The number of hydrogen-bond donors (Lipinski definition) is 2. The number of nitrogens with zero attached hydrogens (tertiary/aromatic N) is 4. The fraction of sp³-hybridized carbons (Fsp3) is 0.308. The number of anilines is 1. The topological polar surface area (TPSA) is 106 Å². The third-order valence-corrected chi connectivity index (χ3v) is 6.36. The number of aromatic nitrogens is 3. The van der Waals surface area contributed by atoms with E-state index in [9.17, 15) is 9.59 Å². The third kappa shape index (κ3) is 4.87. The van der Waals surface area contributed by atoms with Crippen LogP contribution in [0.15, 0.2) is 65.6 Å². The zero-order valence-electron chi connectivity index (χ0n) is 19.5. The van der Waals surface area contributed by atoms with E-state index in [1.807, 2.05) is 41.0 Å². The number of amides is 1. The van der Waals surface area contributed by atoms with Crippen molar-refractivity contribution in [1.82, 2.24) is 19.6 Å². The summed E-state index contributed by atoms with van der Waals surface area (Å²) in [6.45, 7) is 5.03. The van der Waals surface area contributed by atoms with Gasteiger partial charge in [0.2, 0.25) is 11.5 Å². The highest BCUT2D eigenvalue weighted by Gasteiger charge is 2.24. The van der Waals surface area contributed by atoms with Crippen molar-refractivity contribution in [3.8, 4) is 0 Å². The van der Waals surface area contributed by atoms with E-state index in [0.29, 0.717) is 35.6 Å². The molecule has 9 nitrogen and oxygen atoms in total. The summed E-state index contributed by atoms with van der Waals surface area (Å²) in [6.07, 6.45) is 2.48. The fourth-order valence-electron chi connectivity index (χ4n) is 4.46. The lowest BCUT2D eigenvalue weighted by Gasteiger charge is -2.26. The van der Waals surface area contributed by atoms with Crippen LogP contribution in [0, 0.1) is 0 Å². The number of hydrogen-bond acceptors (Lipinski definition) is 6. The van der Waals surface area contributed by atoms with Crippen LogP contribution in [0.2, 0.25) is 0 Å². The van der Waals surface area contributed by atoms with E-state index in [1.165, 1.54) is 4.40 Å². The highest BCUT2D eigenvalue weighted by atomic mass is 16.5. The highest BCUT2D eigenvalue weighted by Crippen LogP contribution is 2.15. The number of aryl methyl sites for hydroxylation is 1. The molecule has 0 spiro atoms. The Hall–Kier alpha value is -3.82. The summed E-state index contributed by atoms with van der Waals surface area (Å²) < 4.78 is 8.73. The first-order valence-electron chi connectivity index (χ1n) is 11.9. The Kier molecular flexibility index (Phi) is 6.69. The molecule has 0 aliphatic carbocycles. The van der Waals surface area contributed by atoms with Gasteiger partial charge in [-0.3, -0.25) is 18.9 Å². The minimum absolute atomic E-state index is 0.232. The molecule has 0 unspecified atom stereocenters. The zero-order valence-corrected chi connectivity index (χ0v) is 19.5. The van der Waals surface area contributed by atoms with E-state index in [2.05, 4.69) is 10.2 Å². The zero-order chi connectivity index (χ0) is 24.2. The number of nitrogens with one attached hydrogen (secondary N) is 1. The molecule has 35 heavy (non-hydrogen) atoms. The lowest BCUT2D eigenvalue weighted by atomic mass is 10.1. The summed E-state index contributed by atoms with van der Waals surface area (Å²) in [6, 6.07) is 16.6. The Balaban J connectivity index is 1.51. The second-order valence-electron chi connectivity index (χ2n) is 8.65. The molecule has 180 valence electrons. The van der Waals surface area contributed by atoms with Crippen LogP contribution in [-0.2, 0) is 17.8 Å². The summed E-state index contributed by atoms with van der Waals surface area (Å²) in [5, 5.41) is 3.29. The number of benzene rings is 1. The molecule has 4 aromatic rings. The lowest BCUT2D eigenvalue weighted by molar-refractivity contribution is -0.659. The molecule has 1 fully saturated rings. The van der Waals surface area contributed by atoms with Gasteiger partial charge >= 0.3 is 0 Å². The van der Waals surface area contributed by atoms with Gasteiger partial charge in [0.25, 0.3) is 17.1 Å². The molecule has 4 heterocycles. The number of nitrogens with two attached hydrogens (primary N) is 1. The maximum absolute atomic E-state index is 13.3. The molecule has 1 saturated heterocycles. The van der Waals surface area contributed by atoms with Crippen molar-refractivity contribution in [3.63, 3.8) is 0 Å². The van der Waals surface area contributed by atoms with Gasteiger partial charge in [0.1, 0.15) is 10.9 Å². The lowest BCUT2D eigenvalue weighted by Crippen LogP contribution is -2.44. The van der Waals surface area contributed by atoms with Crippen molar-refractivity contribution in [2.24, 2.45) is 0 Å². The minimum atomic E-state index is -0.326. The molecular weight excluding hydrogens is 444 g/mol. The van der Waals surface area contributed by atoms with Crippen molar-refractivity contribution >= 4 is 28.4 Å². The van der Waals surface area contributed by atoms with Crippen LogP contribution in [0.3, 0.4) is 0 Å². The molecule has 0 saturated carbocycles. The van der Waals surface area contributed by atoms with Crippen LogP contribution in [0.25, 0.3) is 16.7 Å². The van der Waals surface area contributed by atoms with Gasteiger partial charge < -0.3 is 15.8 Å². The van der Waals surface area contributed by atoms with E-state index >= 15 is 0 Å². The van der Waals surface area contributed by atoms with Crippen LogP contribution in [0.5, 0.6) is 0 Å². The van der Waals surface area contributed by atoms with Gasteiger partial charge in [0.05, 0.1) is 19.8 Å². The maximum Gasteiger partial charge on any atom is 0.278 e. The summed E-state index contributed by atoms with van der Waals surface area (Å²) in [5.41, 5.74) is 8.59. The molecule has 1 aromatic carbocycles. The summed E-state index contributed by atoms with van der Waals surface area (Å²) in [4.78, 5) is 33.6. The van der Waals surface area contributed by atoms with Crippen molar-refractivity contribution in [2.75, 3.05) is 38.6 Å². The van der Waals surface area contributed by atoms with Crippen molar-refractivity contribution < 1.29 is 14.1 Å². The number of carbonyl (C=O) groups is 1. The first kappa shape index (κ1) is 22.9. The van der Waals surface area contributed by atoms with Crippen molar-refractivity contribution in [3.05, 3.63) is 82.3 Å². The third-order valence-electron chi connectivity index (χ3n) is 6.36. The van der Waals surface area contributed by atoms with Crippen LogP contribution in [-0.4, -0.2) is 53.0 Å². The van der Waals surface area contributed by atoms with Gasteiger partial charge in [-0.2, -0.15) is 0 Å². The van der Waals surface area contributed by atoms with Crippen LogP contribution >= 0.6 is 0 Å². The Morgan fingerprint density at radius 3 is 2.69 bits per heavy atom. The average molecular weight is 474 g/mol. The Morgan fingerprint density at radius 2 is 1.89 bits per heavy atom. The van der Waals surface area contributed by atoms with Gasteiger partial charge in [-0.1, -0.05) is 41.4 Å². The predicted octanol–water partition coefficient (Wildman–Crippen LogP) is 1.37. The fourth-order valence-corrected chi connectivity index (χ4v) is 4.46. The molecule has 1 aliphatic heterocycles. The number of pyridine rings is 2. The van der Waals surface area contributed by atoms with E-state index in [-0.39, 0.29) is 17.0 Å². The number of morpholine rings is 1. The minimum Gasteiger partial charge on any atom is -0.379 e. The van der Waals surface area contributed by atoms with Gasteiger partial charge in [-0.05, 0) is 30.2 Å². The van der Waals surface area contributed by atoms with Gasteiger partial charge in [0.15, 0.2) is 0 Å². The second-order valence-corrected chi connectivity index (χ2v) is 8.65. The molecule has 0 atom stereocenters. The molecule has 1 amide bonds. The van der Waals surface area contributed by atoms with Crippen LogP contribution in [0.4, 0.5) is 5.82 Å². The van der Waals surface area contributed by atoms with Gasteiger partial charge in [-0.25, -0.2) is 4.57 Å². The smallest absolute Gasteiger partial charge is 0.278 e. The first-order chi connectivity index (χ1) is 17.1. The number of carbonyl (C=O) groups excluding carboxylic acids is 1. The number of fused-ring (bicyclic) bond motifs is 2. The highest BCUT2D eigenvalue weighted by molar-refractivity contribution is 6.00. The molecule has 1 aliphatic rings. The van der Waals surface area contributed by atoms with E-state index in [1.54, 1.807) is 24.4 Å². The summed E-state index contributed by atoms with van der Waals surface area (Å²) >= 11 is 0. The van der Waals surface area contributed by atoms with E-state index in [4.69, 9.17) is 15.5 Å². The molecule has 5 rings (SSSR count). The average Bonchev–Trinajstić information content (AvgIpc) is 2.90. The van der Waals surface area contributed by atoms with Gasteiger partial charge in [-0.15, -0.1) is 0 Å². The standard InChI is InChI=1S/C26H28N6O3/c27-23-20(25(33)28-18-19-7-2-1-3-8-19)17-21-24(29-22-9-4-5-11-31(22)26(21)34)32(23)12-6-10-30-13-15-35-16-14-30/h1-5,7-9,11,17,27H,6,10,12-16,18H2,(H,28,33)/p+1. The molecular formula is C26H29N6O3+. The number of nitrogen functional groups attached to an aromatic ring is 1. The molecule has 3 N–H and O–H groups in total. The van der Waals surface area contributed by atoms with Gasteiger partial charge in [0, 0.05) is 32.4 Å². The maximum atomic E-state index is 13.3. The van der Waals surface area contributed by atoms with E-state index < -0.39 is 0 Å². The molecule has 0 radical (unpaired) electrons. The molecule has 0 bridgehead atoms. The number of rotatable bonds is 7. The predicted molar refractivity (Wildman–Crippen MR) is 133 cm³/mol. The molecule has 3 aromatic heterocycles. The quantitative estimate of drug-likeness (QED) is 0.310. The van der Waals surface area contributed by atoms with Crippen molar-refractivity contribution in [2.45, 2.75) is 19.5 Å². The summed E-state index contributed by atoms with van der Waals surface area (Å²) in [5.74, 6) is -0.0232. The van der Waals surface area contributed by atoms with Crippen LogP contribution in [0.1, 0.15) is 22.3 Å². The number of ether oxygens (including phenoxy) is 1. The SMILES string of the molecule is Nc1c(C(=O)NCc2ccccc2)cc2c(=O)n3ccccc3nc2[n+]1CCCN1CCOCC1. The Bertz CT molecular complexity index is 1410. The Morgan fingerprint density at radius 1 is 1.11 bits per heavy atom. The molecule has 9 heteroatoms. The Labute approximate surface area is 202 Å². The normalized spacial score (nSPS) is 14.4. The summed E-state index contributed by atoms with van der Waals surface area (Å²) in [7, 11) is 0. The van der Waals surface area contributed by atoms with E-state index in [0.717, 1.165) is 44.8 Å². The largest absolute Gasteiger partial charge is 0.379 e. The monoisotopic (exact) mass is 473 g/mol. The van der Waals surface area contributed by atoms with Crippen LogP contribution < -0.4 is 21.2 Å². The first-order valence-corrected chi connectivity index (χ1v) is 11.9. The van der Waals surface area contributed by atoms with Crippen molar-refractivity contribution in [1.29, 1.82) is 0 Å². The second kappa shape index (κ2) is 10.2.